The summed E-state index contributed by atoms with van der Waals surface area (Å²) in [5.41, 5.74) is 0. The van der Waals surface area contributed by atoms with Gasteiger partial charge in [-0.2, -0.15) is 0 Å². The Morgan fingerprint density at radius 1 is 0.407 bits per heavy atom. The Morgan fingerprint density at radius 2 is 0.796 bits per heavy atom. The maximum Gasteiger partial charge on any atom is 0.306 e. The van der Waals surface area contributed by atoms with Crippen LogP contribution in [0.5, 0.6) is 0 Å². The van der Waals surface area contributed by atoms with E-state index in [4.69, 9.17) is 14.2 Å². The highest BCUT2D eigenvalue weighted by Crippen LogP contribution is 2.12. The number of carbonyl (C=O) groups is 3. The number of hydrogen-bond donors (Lipinski definition) is 0. The van der Waals surface area contributed by atoms with Crippen LogP contribution in [-0.4, -0.2) is 37.2 Å². The highest BCUT2D eigenvalue weighted by atomic mass is 16.6. The summed E-state index contributed by atoms with van der Waals surface area (Å²) < 4.78 is 16.6. The molecule has 0 amide bonds. The average Bonchev–Trinajstić information content (AvgIpc) is 3.17. The van der Waals surface area contributed by atoms with Crippen LogP contribution in [0.3, 0.4) is 0 Å². The molecule has 6 heteroatoms. The molecule has 0 fully saturated rings. The minimum atomic E-state index is -0.800. The SMILES string of the molecule is CC/C=C\C/C=C\CCCCC(=O)OCC(COC(=O)CCCCCCC/C=C\CCCCCCCCC)OC(=O)CCCCC/C=C\C=C/CCCC. The Morgan fingerprint density at radius 3 is 1.35 bits per heavy atom. The molecular weight excluding hydrogens is 673 g/mol. The minimum absolute atomic E-state index is 0.100. The maximum absolute atomic E-state index is 12.7. The molecule has 0 saturated carbocycles. The molecule has 0 radical (unpaired) electrons. The van der Waals surface area contributed by atoms with Gasteiger partial charge in [0.15, 0.2) is 6.10 Å². The van der Waals surface area contributed by atoms with E-state index < -0.39 is 6.10 Å². The normalized spacial score (nSPS) is 12.6. The molecule has 54 heavy (non-hydrogen) atoms. The van der Waals surface area contributed by atoms with E-state index in [0.717, 1.165) is 89.9 Å². The number of hydrogen-bond acceptors (Lipinski definition) is 6. The zero-order valence-corrected chi connectivity index (χ0v) is 35.2. The van der Waals surface area contributed by atoms with Gasteiger partial charge in [0.2, 0.25) is 0 Å². The maximum atomic E-state index is 12.7. The second-order valence-electron chi connectivity index (χ2n) is 14.6. The molecule has 0 N–H and O–H groups in total. The molecule has 0 aromatic rings. The predicted molar refractivity (Wildman–Crippen MR) is 228 cm³/mol. The number of allylic oxidation sites excluding steroid dienone is 10. The summed E-state index contributed by atoms with van der Waals surface area (Å²) in [4.78, 5) is 37.6. The van der Waals surface area contributed by atoms with E-state index in [2.05, 4.69) is 81.5 Å². The van der Waals surface area contributed by atoms with Gasteiger partial charge in [0.05, 0.1) is 0 Å². The summed E-state index contributed by atoms with van der Waals surface area (Å²) in [5, 5.41) is 0. The fourth-order valence-corrected chi connectivity index (χ4v) is 5.86. The van der Waals surface area contributed by atoms with Crippen LogP contribution in [-0.2, 0) is 28.6 Å². The molecule has 0 aromatic carbocycles. The van der Waals surface area contributed by atoms with Crippen molar-refractivity contribution in [2.24, 2.45) is 0 Å². The molecule has 310 valence electrons. The van der Waals surface area contributed by atoms with Gasteiger partial charge in [-0.05, 0) is 89.9 Å². The Hall–Kier alpha value is -2.89. The molecule has 1 unspecified atom stereocenters. The molecule has 0 bridgehead atoms. The van der Waals surface area contributed by atoms with Gasteiger partial charge in [0, 0.05) is 19.3 Å². The van der Waals surface area contributed by atoms with Crippen molar-refractivity contribution in [1.82, 2.24) is 0 Å². The van der Waals surface area contributed by atoms with Crippen LogP contribution in [0, 0.1) is 0 Å². The van der Waals surface area contributed by atoms with Crippen molar-refractivity contribution in [3.05, 3.63) is 60.8 Å². The second-order valence-corrected chi connectivity index (χ2v) is 14.6. The van der Waals surface area contributed by atoms with Gasteiger partial charge in [-0.25, -0.2) is 0 Å². The largest absolute Gasteiger partial charge is 0.462 e. The smallest absolute Gasteiger partial charge is 0.306 e. The van der Waals surface area contributed by atoms with E-state index in [1.807, 2.05) is 0 Å². The van der Waals surface area contributed by atoms with E-state index in [1.165, 1.54) is 77.0 Å². The lowest BCUT2D eigenvalue weighted by Gasteiger charge is -2.18. The highest BCUT2D eigenvalue weighted by molar-refractivity contribution is 5.71. The van der Waals surface area contributed by atoms with Crippen LogP contribution in [0.25, 0.3) is 0 Å². The first-order chi connectivity index (χ1) is 26.5. The summed E-state index contributed by atoms with van der Waals surface area (Å²) >= 11 is 0. The van der Waals surface area contributed by atoms with Crippen molar-refractivity contribution in [2.75, 3.05) is 13.2 Å². The van der Waals surface area contributed by atoms with Crippen LogP contribution in [0.15, 0.2) is 60.8 Å². The van der Waals surface area contributed by atoms with E-state index in [1.54, 1.807) is 0 Å². The quantitative estimate of drug-likeness (QED) is 0.0204. The summed E-state index contributed by atoms with van der Waals surface area (Å²) in [6.07, 6.45) is 50.8. The summed E-state index contributed by atoms with van der Waals surface area (Å²) in [5.74, 6) is -0.981. The van der Waals surface area contributed by atoms with E-state index >= 15 is 0 Å². The van der Waals surface area contributed by atoms with E-state index in [0.29, 0.717) is 12.8 Å². The van der Waals surface area contributed by atoms with Crippen molar-refractivity contribution in [3.63, 3.8) is 0 Å². The Labute approximate surface area is 332 Å². The first-order valence-corrected chi connectivity index (χ1v) is 22.3. The van der Waals surface area contributed by atoms with Crippen LogP contribution in [0.2, 0.25) is 0 Å². The molecule has 0 aromatic heterocycles. The highest BCUT2D eigenvalue weighted by Gasteiger charge is 2.19. The predicted octanol–water partition coefficient (Wildman–Crippen LogP) is 14.1. The van der Waals surface area contributed by atoms with Gasteiger partial charge in [-0.3, -0.25) is 14.4 Å². The molecule has 0 rings (SSSR count). The number of carbonyl (C=O) groups excluding carboxylic acids is 3. The molecule has 0 spiro atoms. The lowest BCUT2D eigenvalue weighted by atomic mass is 10.1. The van der Waals surface area contributed by atoms with Gasteiger partial charge in [-0.15, -0.1) is 0 Å². The molecule has 1 atom stereocenters. The fourth-order valence-electron chi connectivity index (χ4n) is 5.86. The standard InChI is InChI=1S/C48H82O6/c1-4-7-10-13-16-19-21-22-23-24-25-27-29-32-35-38-41-47(50)53-44-45(43-52-46(49)40-37-34-31-28-18-15-12-9-6-3)54-48(51)42-39-36-33-30-26-20-17-14-11-8-5-2/h9,12,14,17-18,20,23-24,26,28,45H,4-8,10-11,13,15-16,19,21-22,25,27,29-44H2,1-3H3/b12-9-,17-14-,24-23-,26-20-,28-18-. The van der Waals surface area contributed by atoms with Gasteiger partial charge in [0.25, 0.3) is 0 Å². The van der Waals surface area contributed by atoms with Gasteiger partial charge in [-0.1, -0.05) is 159 Å². The van der Waals surface area contributed by atoms with Gasteiger partial charge >= 0.3 is 17.9 Å². The fraction of sp³-hybridized carbons (Fsp3) is 0.729. The zero-order chi connectivity index (χ0) is 39.4. The monoisotopic (exact) mass is 755 g/mol. The topological polar surface area (TPSA) is 78.9 Å². The Balaban J connectivity index is 4.40. The van der Waals surface area contributed by atoms with Crippen molar-refractivity contribution < 1.29 is 28.6 Å². The van der Waals surface area contributed by atoms with Crippen LogP contribution < -0.4 is 0 Å². The van der Waals surface area contributed by atoms with Crippen molar-refractivity contribution in [2.45, 2.75) is 213 Å². The van der Waals surface area contributed by atoms with Crippen molar-refractivity contribution in [3.8, 4) is 0 Å². The number of unbranched alkanes of at least 4 members (excludes halogenated alkanes) is 19. The minimum Gasteiger partial charge on any atom is -0.462 e. The molecule has 0 aliphatic heterocycles. The lowest BCUT2D eigenvalue weighted by Crippen LogP contribution is -2.30. The first kappa shape index (κ1) is 51.1. The first-order valence-electron chi connectivity index (χ1n) is 22.3. The van der Waals surface area contributed by atoms with Gasteiger partial charge in [0.1, 0.15) is 13.2 Å². The third-order valence-corrected chi connectivity index (χ3v) is 9.25. The number of rotatable bonds is 39. The summed E-state index contributed by atoms with van der Waals surface area (Å²) in [7, 11) is 0. The zero-order valence-electron chi connectivity index (χ0n) is 35.2. The average molecular weight is 755 g/mol. The molecule has 0 heterocycles. The number of esters is 3. The van der Waals surface area contributed by atoms with Crippen LogP contribution in [0.1, 0.15) is 207 Å². The van der Waals surface area contributed by atoms with E-state index in [9.17, 15) is 14.4 Å². The lowest BCUT2D eigenvalue weighted by molar-refractivity contribution is -0.167. The van der Waals surface area contributed by atoms with Crippen molar-refractivity contribution >= 4 is 17.9 Å². The second kappa shape index (κ2) is 42.8. The molecule has 6 nitrogen and oxygen atoms in total. The third-order valence-electron chi connectivity index (χ3n) is 9.25. The van der Waals surface area contributed by atoms with E-state index in [-0.39, 0.29) is 37.5 Å². The van der Waals surface area contributed by atoms with Crippen LogP contribution >= 0.6 is 0 Å². The number of ether oxygens (including phenoxy) is 3. The Kier molecular flexibility index (Phi) is 40.6. The molecule has 0 saturated heterocycles. The summed E-state index contributed by atoms with van der Waals surface area (Å²) in [6, 6.07) is 0. The van der Waals surface area contributed by atoms with Gasteiger partial charge < -0.3 is 14.2 Å². The molecular formula is C48H82O6. The molecule has 0 aliphatic rings. The Bertz CT molecular complexity index is 1010. The summed E-state index contributed by atoms with van der Waals surface area (Å²) in [6.45, 7) is 6.37. The molecule has 0 aliphatic carbocycles. The third kappa shape index (κ3) is 40.3. The van der Waals surface area contributed by atoms with Crippen LogP contribution in [0.4, 0.5) is 0 Å². The van der Waals surface area contributed by atoms with Crippen molar-refractivity contribution in [1.29, 1.82) is 0 Å².